The van der Waals surface area contributed by atoms with E-state index in [1.165, 1.54) is 64.7 Å². The number of carbonyl (C=O) groups excluding carboxylic acids is 8. The van der Waals surface area contributed by atoms with Gasteiger partial charge < -0.3 is 43.0 Å². The molecule has 0 aliphatic heterocycles. The molecule has 2 atom stereocenters. The first-order valence-corrected chi connectivity index (χ1v) is 47.4. The average Bonchev–Trinajstić information content (AvgIpc) is 0.704. The smallest absolute Gasteiger partial charge is 0.444 e. The number of ether oxygens (including phenoxy) is 8. The van der Waals surface area contributed by atoms with Gasteiger partial charge in [0.05, 0.1) is 6.61 Å². The largest absolute Gasteiger partial charge is 0.462 e. The van der Waals surface area contributed by atoms with Crippen molar-refractivity contribution in [2.24, 2.45) is 0 Å². The second-order valence-corrected chi connectivity index (χ2v) is 32.4. The highest BCUT2D eigenvalue weighted by molar-refractivity contribution is 5.88. The minimum Gasteiger partial charge on any atom is -0.462 e. The van der Waals surface area contributed by atoms with Crippen molar-refractivity contribution >= 4 is 47.8 Å². The summed E-state index contributed by atoms with van der Waals surface area (Å²) in [5.74, 6) is -19.2. The zero-order chi connectivity index (χ0) is 81.7. The average molecular weight is 1580 g/mol. The highest BCUT2D eigenvalue weighted by Crippen LogP contribution is 2.50. The molecular weight excluding hydrogens is 1400 g/mol. The number of hydrogen-bond acceptors (Lipinski definition) is 17. The Morgan fingerprint density at radius 2 is 0.477 bits per heavy atom. The third-order valence-corrected chi connectivity index (χ3v) is 21.7. The number of unbranched alkanes of at least 4 members (excludes halogenated alkanes) is 54. The maximum Gasteiger partial charge on any atom is 0.444 e. The standard InChI is InChI=1S/C94H174O17/c1-9-17-24-31-37-38-39-40-41-44-52-55-64-73-84(96)105-83(72-63-30-23-15-7)79-80-90(102)107-92(106-85(97)74-65-56-47-32-25-18-10-2,81-70-61-53-45-42-43-46-54-62-71-82-95)94(110-88(100)77-68-59-50-35-28-21-13-5,111-89(101)78-69-60-51-36-29-22-14-6)93(91(103)104-16-8,108-86(98)75-66-57-48-33-26-19-11-3)109-87(99)76-67-58-49-34-27-20-12-4/h83,95H,9-82H2,1-8H3. The molecule has 17 nitrogen and oxygen atoms in total. The molecule has 652 valence electrons. The maximum atomic E-state index is 16.3. The number of rotatable bonds is 85. The molecule has 0 aromatic carbocycles. The zero-order valence-electron chi connectivity index (χ0n) is 73.4. The molecule has 1 N–H and O–H groups in total. The predicted octanol–water partition coefficient (Wildman–Crippen LogP) is 27.0. The van der Waals surface area contributed by atoms with Crippen LogP contribution in [0.5, 0.6) is 0 Å². The second-order valence-electron chi connectivity index (χ2n) is 32.4. The first kappa shape index (κ1) is 107. The minimum atomic E-state index is -3.79. The fourth-order valence-corrected chi connectivity index (χ4v) is 14.8. The number of esters is 8. The van der Waals surface area contributed by atoms with Crippen molar-refractivity contribution in [2.75, 3.05) is 13.2 Å². The quantitative estimate of drug-likeness (QED) is 0.0258. The van der Waals surface area contributed by atoms with E-state index in [1.807, 2.05) is 0 Å². The normalized spacial score (nSPS) is 12.5. The SMILES string of the molecule is CCCCCCCCCCCCCCCC(=O)OC(CCCCCC)CCC(=O)OC(CCCCCCCCCCCCO)(OC(=O)CCCCCCCCC)C(OC(=O)CCCCCCCCC)(OC(=O)CCCCCCCCC)C(OC(=O)CCCCCCCCC)(OC(=O)CCCCCCCCC)C(=O)OCC. The third kappa shape index (κ3) is 56.6. The molecule has 111 heavy (non-hydrogen) atoms. The molecule has 2 unspecified atom stereocenters. The van der Waals surface area contributed by atoms with Gasteiger partial charge in [-0.25, -0.2) is 4.79 Å². The van der Waals surface area contributed by atoms with Gasteiger partial charge in [0.1, 0.15) is 6.10 Å². The van der Waals surface area contributed by atoms with Crippen LogP contribution in [0.25, 0.3) is 0 Å². The Balaban J connectivity index is 9.25. The van der Waals surface area contributed by atoms with Gasteiger partial charge in [-0.3, -0.25) is 33.6 Å². The van der Waals surface area contributed by atoms with Gasteiger partial charge in [0, 0.05) is 58.0 Å². The van der Waals surface area contributed by atoms with Gasteiger partial charge >= 0.3 is 65.1 Å². The summed E-state index contributed by atoms with van der Waals surface area (Å²) in [6, 6.07) is 0. The van der Waals surface area contributed by atoms with E-state index in [-0.39, 0.29) is 89.6 Å². The summed E-state index contributed by atoms with van der Waals surface area (Å²) >= 11 is 0. The molecular formula is C94H174O17. The van der Waals surface area contributed by atoms with Gasteiger partial charge in [0.25, 0.3) is 0 Å². The molecule has 0 rings (SSSR count). The van der Waals surface area contributed by atoms with Gasteiger partial charge in [-0.15, -0.1) is 0 Å². The van der Waals surface area contributed by atoms with E-state index < -0.39 is 84.7 Å². The van der Waals surface area contributed by atoms with Crippen LogP contribution in [0.15, 0.2) is 0 Å². The topological polar surface area (TPSA) is 231 Å². The van der Waals surface area contributed by atoms with Gasteiger partial charge in [-0.1, -0.05) is 389 Å². The van der Waals surface area contributed by atoms with Gasteiger partial charge in [-0.2, -0.15) is 0 Å². The summed E-state index contributed by atoms with van der Waals surface area (Å²) in [6.45, 7) is 16.3. The molecule has 0 fully saturated rings. The lowest BCUT2D eigenvalue weighted by Gasteiger charge is -2.51. The van der Waals surface area contributed by atoms with Crippen LogP contribution in [0.1, 0.15) is 518 Å². The van der Waals surface area contributed by atoms with Crippen LogP contribution in [0.4, 0.5) is 0 Å². The van der Waals surface area contributed by atoms with Crippen LogP contribution >= 0.6 is 0 Å². The first-order valence-electron chi connectivity index (χ1n) is 47.4. The Bertz CT molecular complexity index is 2150. The lowest BCUT2D eigenvalue weighted by Crippen LogP contribution is -2.78. The van der Waals surface area contributed by atoms with E-state index in [9.17, 15) is 9.90 Å². The highest BCUT2D eigenvalue weighted by Gasteiger charge is 2.84. The van der Waals surface area contributed by atoms with Gasteiger partial charge in [0.2, 0.25) is 0 Å². The summed E-state index contributed by atoms with van der Waals surface area (Å²) in [6.07, 6.45) is 51.4. The van der Waals surface area contributed by atoms with Gasteiger partial charge in [-0.05, 0) is 77.6 Å². The molecule has 0 aromatic heterocycles. The summed E-state index contributed by atoms with van der Waals surface area (Å²) in [7, 11) is 0. The van der Waals surface area contributed by atoms with Crippen molar-refractivity contribution in [3.63, 3.8) is 0 Å². The fourth-order valence-electron chi connectivity index (χ4n) is 14.8. The Labute approximate surface area is 680 Å². The molecule has 0 saturated heterocycles. The second kappa shape index (κ2) is 77.0. The summed E-state index contributed by atoms with van der Waals surface area (Å²) in [5, 5.41) is 9.43. The zero-order valence-corrected chi connectivity index (χ0v) is 73.4. The van der Waals surface area contributed by atoms with E-state index >= 15 is 33.6 Å². The first-order chi connectivity index (χ1) is 54.1. The fraction of sp³-hybridized carbons (Fsp3) is 0.915. The summed E-state index contributed by atoms with van der Waals surface area (Å²) in [4.78, 5) is 124. The van der Waals surface area contributed by atoms with Crippen LogP contribution in [-0.4, -0.2) is 89.5 Å². The molecule has 0 spiro atoms. The molecule has 0 aromatic rings. The van der Waals surface area contributed by atoms with Crippen molar-refractivity contribution in [1.29, 1.82) is 0 Å². The Kier molecular flexibility index (Phi) is 74.0. The van der Waals surface area contributed by atoms with Crippen molar-refractivity contribution in [3.8, 4) is 0 Å². The van der Waals surface area contributed by atoms with Crippen LogP contribution in [0, 0.1) is 0 Å². The van der Waals surface area contributed by atoms with Crippen LogP contribution in [-0.2, 0) is 76.3 Å². The van der Waals surface area contributed by atoms with Gasteiger partial charge in [0.15, 0.2) is 0 Å². The molecule has 0 radical (unpaired) electrons. The lowest BCUT2D eigenvalue weighted by molar-refractivity contribution is -0.439. The summed E-state index contributed by atoms with van der Waals surface area (Å²) < 4.78 is 53.2. The minimum absolute atomic E-state index is 0.0224. The lowest BCUT2D eigenvalue weighted by atomic mass is 9.88. The molecule has 0 amide bonds. The Hall–Kier alpha value is -4.28. The molecule has 0 aliphatic carbocycles. The van der Waals surface area contributed by atoms with Crippen molar-refractivity contribution in [2.45, 2.75) is 541 Å². The van der Waals surface area contributed by atoms with E-state index in [2.05, 4.69) is 48.5 Å². The van der Waals surface area contributed by atoms with E-state index in [1.54, 1.807) is 0 Å². The monoisotopic (exact) mass is 1580 g/mol. The Morgan fingerprint density at radius 3 is 0.766 bits per heavy atom. The molecule has 0 aliphatic rings. The van der Waals surface area contributed by atoms with Crippen molar-refractivity contribution in [1.82, 2.24) is 0 Å². The number of aliphatic hydroxyl groups is 1. The van der Waals surface area contributed by atoms with Crippen molar-refractivity contribution < 1.29 is 81.4 Å². The molecule has 17 heteroatoms. The summed E-state index contributed by atoms with van der Waals surface area (Å²) in [5.41, 5.74) is 0. The predicted molar refractivity (Wildman–Crippen MR) is 450 cm³/mol. The van der Waals surface area contributed by atoms with Crippen LogP contribution < -0.4 is 0 Å². The maximum absolute atomic E-state index is 16.3. The highest BCUT2D eigenvalue weighted by atomic mass is 16.9. The number of hydrogen-bond donors (Lipinski definition) is 1. The van der Waals surface area contributed by atoms with E-state index in [4.69, 9.17) is 37.9 Å². The number of carbonyl (C=O) groups is 8. The van der Waals surface area contributed by atoms with Crippen LogP contribution in [0.3, 0.4) is 0 Å². The van der Waals surface area contributed by atoms with Crippen LogP contribution in [0.2, 0.25) is 0 Å². The van der Waals surface area contributed by atoms with E-state index in [0.29, 0.717) is 70.6 Å². The molecule has 0 bridgehead atoms. The Morgan fingerprint density at radius 1 is 0.243 bits per heavy atom. The number of aliphatic hydroxyl groups excluding tert-OH is 1. The molecule has 0 heterocycles. The molecule has 0 saturated carbocycles. The van der Waals surface area contributed by atoms with E-state index in [0.717, 1.165) is 244 Å². The third-order valence-electron chi connectivity index (χ3n) is 21.7. The van der Waals surface area contributed by atoms with Crippen molar-refractivity contribution in [3.05, 3.63) is 0 Å².